The minimum Gasteiger partial charge on any atom is -0.480 e. The molecular formula is C26H29N2O5P. The predicted molar refractivity (Wildman–Crippen MR) is 131 cm³/mol. The van der Waals surface area contributed by atoms with E-state index in [0.29, 0.717) is 5.56 Å². The number of aliphatic carboxylic acids is 1. The number of amides is 1. The molecule has 1 unspecified atom stereocenters. The summed E-state index contributed by atoms with van der Waals surface area (Å²) in [4.78, 5) is 35.9. The molecule has 0 aromatic heterocycles. The number of nitrogens with one attached hydrogen (secondary N) is 1. The van der Waals surface area contributed by atoms with Gasteiger partial charge in [-0.15, -0.1) is 0 Å². The third-order valence-electron chi connectivity index (χ3n) is 5.65. The van der Waals surface area contributed by atoms with E-state index in [9.17, 15) is 24.2 Å². The van der Waals surface area contributed by atoms with E-state index in [0.717, 1.165) is 11.1 Å². The number of benzene rings is 3. The summed E-state index contributed by atoms with van der Waals surface area (Å²) in [6.07, 6.45) is -0.0990. The van der Waals surface area contributed by atoms with Crippen LogP contribution in [0.15, 0.2) is 91.0 Å². The van der Waals surface area contributed by atoms with Crippen LogP contribution in [-0.2, 0) is 27.0 Å². The van der Waals surface area contributed by atoms with Crippen molar-refractivity contribution in [2.24, 2.45) is 11.7 Å². The first-order valence-corrected chi connectivity index (χ1v) is 12.9. The molecule has 0 fully saturated rings. The monoisotopic (exact) mass is 480 g/mol. The highest BCUT2D eigenvalue weighted by atomic mass is 31.2. The van der Waals surface area contributed by atoms with Crippen LogP contribution >= 0.6 is 7.37 Å². The van der Waals surface area contributed by atoms with E-state index in [1.807, 2.05) is 36.4 Å². The largest absolute Gasteiger partial charge is 0.480 e. The van der Waals surface area contributed by atoms with E-state index in [-0.39, 0.29) is 19.0 Å². The van der Waals surface area contributed by atoms with Gasteiger partial charge in [-0.3, -0.25) is 9.36 Å². The maximum atomic E-state index is 13.3. The molecule has 8 heteroatoms. The van der Waals surface area contributed by atoms with Crippen molar-refractivity contribution < 1.29 is 24.2 Å². The van der Waals surface area contributed by atoms with Crippen molar-refractivity contribution in [3.63, 3.8) is 0 Å². The van der Waals surface area contributed by atoms with Gasteiger partial charge in [-0.05, 0) is 23.1 Å². The van der Waals surface area contributed by atoms with Crippen LogP contribution in [0.1, 0.15) is 22.5 Å². The number of nitrogens with two attached hydrogens (primary N) is 1. The average molecular weight is 481 g/mol. The van der Waals surface area contributed by atoms with Crippen molar-refractivity contribution in [1.82, 2.24) is 5.32 Å². The van der Waals surface area contributed by atoms with E-state index in [1.54, 1.807) is 54.6 Å². The Hall–Kier alpha value is -3.25. The lowest BCUT2D eigenvalue weighted by Crippen LogP contribution is -2.46. The van der Waals surface area contributed by atoms with Crippen LogP contribution in [0.5, 0.6) is 0 Å². The van der Waals surface area contributed by atoms with E-state index in [1.165, 1.54) is 0 Å². The predicted octanol–water partition coefficient (Wildman–Crippen LogP) is 3.59. The molecule has 0 bridgehead atoms. The van der Waals surface area contributed by atoms with Gasteiger partial charge in [0.2, 0.25) is 13.3 Å². The molecule has 0 heterocycles. The third-order valence-corrected chi connectivity index (χ3v) is 7.78. The van der Waals surface area contributed by atoms with Gasteiger partial charge in [0.15, 0.2) is 0 Å². The summed E-state index contributed by atoms with van der Waals surface area (Å²) >= 11 is 0. The fourth-order valence-corrected chi connectivity index (χ4v) is 5.58. The average Bonchev–Trinajstić information content (AvgIpc) is 2.84. The lowest BCUT2D eigenvalue weighted by molar-refractivity contribution is -0.142. The molecule has 5 N–H and O–H groups in total. The van der Waals surface area contributed by atoms with Gasteiger partial charge in [0.1, 0.15) is 11.8 Å². The smallest absolute Gasteiger partial charge is 0.326 e. The Balaban J connectivity index is 1.81. The highest BCUT2D eigenvalue weighted by Crippen LogP contribution is 2.54. The summed E-state index contributed by atoms with van der Waals surface area (Å²) in [6.45, 7) is 0. The van der Waals surface area contributed by atoms with Gasteiger partial charge < -0.3 is 21.1 Å². The Labute approximate surface area is 199 Å². The first kappa shape index (κ1) is 25.4. The molecule has 4 atom stereocenters. The molecule has 34 heavy (non-hydrogen) atoms. The SMILES string of the molecule is N[C@H](c1ccccc1)P(=O)(O)C[C@@H](Cc1ccccc1)C(=O)N[C@@H](Cc1ccccc1)C(=O)O. The van der Waals surface area contributed by atoms with Crippen molar-refractivity contribution in [3.05, 3.63) is 108 Å². The molecule has 3 rings (SSSR count). The lowest BCUT2D eigenvalue weighted by atomic mass is 9.99. The van der Waals surface area contributed by atoms with Crippen LogP contribution in [0.25, 0.3) is 0 Å². The van der Waals surface area contributed by atoms with Crippen LogP contribution < -0.4 is 11.1 Å². The van der Waals surface area contributed by atoms with Crippen LogP contribution in [0.2, 0.25) is 0 Å². The second-order valence-electron chi connectivity index (χ2n) is 8.27. The number of carbonyl (C=O) groups excluding carboxylic acids is 1. The highest BCUT2D eigenvalue weighted by molar-refractivity contribution is 7.58. The molecule has 3 aromatic carbocycles. The van der Waals surface area contributed by atoms with Gasteiger partial charge >= 0.3 is 5.97 Å². The van der Waals surface area contributed by atoms with Crippen LogP contribution in [0.4, 0.5) is 0 Å². The van der Waals surface area contributed by atoms with Gasteiger partial charge in [-0.1, -0.05) is 91.0 Å². The van der Waals surface area contributed by atoms with Crippen molar-refractivity contribution in [1.29, 1.82) is 0 Å². The Morgan fingerprint density at radius 3 is 1.79 bits per heavy atom. The highest BCUT2D eigenvalue weighted by Gasteiger charge is 2.36. The molecule has 0 radical (unpaired) electrons. The summed E-state index contributed by atoms with van der Waals surface area (Å²) in [5, 5.41) is 12.3. The molecule has 3 aromatic rings. The van der Waals surface area contributed by atoms with E-state index in [4.69, 9.17) is 5.73 Å². The first-order chi connectivity index (χ1) is 16.3. The zero-order valence-electron chi connectivity index (χ0n) is 18.7. The van der Waals surface area contributed by atoms with Crippen LogP contribution in [-0.4, -0.2) is 34.1 Å². The summed E-state index contributed by atoms with van der Waals surface area (Å²) in [7, 11) is -4.02. The molecule has 0 saturated carbocycles. The molecule has 0 saturated heterocycles. The molecule has 0 aliphatic heterocycles. The molecule has 1 amide bonds. The molecule has 0 aliphatic rings. The number of rotatable bonds is 11. The number of carboxylic acids is 1. The third kappa shape index (κ3) is 7.12. The Kier molecular flexibility index (Phi) is 8.77. The van der Waals surface area contributed by atoms with Crippen LogP contribution in [0.3, 0.4) is 0 Å². The summed E-state index contributed by atoms with van der Waals surface area (Å²) in [5.74, 6) is -3.87. The van der Waals surface area contributed by atoms with E-state index < -0.39 is 37.0 Å². The second kappa shape index (κ2) is 11.7. The van der Waals surface area contributed by atoms with Gasteiger partial charge in [0.25, 0.3) is 0 Å². The topological polar surface area (TPSA) is 130 Å². The standard InChI is InChI=1S/C26H29N2O5P/c27-24(21-14-8-3-9-15-21)34(32,33)18-22(16-19-10-4-1-5-11-19)25(29)28-23(26(30)31)17-20-12-6-2-7-13-20/h1-15,22-24H,16-18,27H2,(H,28,29)(H,30,31)(H,32,33)/t22-,23+,24+/m1/s1. The van der Waals surface area contributed by atoms with Gasteiger partial charge in [0, 0.05) is 12.6 Å². The number of carbonyl (C=O) groups is 2. The molecular weight excluding hydrogens is 451 g/mol. The number of hydrogen-bond donors (Lipinski definition) is 4. The van der Waals surface area contributed by atoms with E-state index >= 15 is 0 Å². The normalized spacial score (nSPS) is 15.5. The number of hydrogen-bond acceptors (Lipinski definition) is 4. The first-order valence-electron chi connectivity index (χ1n) is 11.0. The zero-order chi connectivity index (χ0) is 24.6. The fourth-order valence-electron chi connectivity index (χ4n) is 3.79. The van der Waals surface area contributed by atoms with Crippen molar-refractivity contribution in [3.8, 4) is 0 Å². The second-order valence-corrected chi connectivity index (χ2v) is 10.7. The molecule has 0 aliphatic carbocycles. The summed E-state index contributed by atoms with van der Waals surface area (Å²) in [6, 6.07) is 25.5. The van der Waals surface area contributed by atoms with Gasteiger partial charge in [-0.2, -0.15) is 0 Å². The quantitative estimate of drug-likeness (QED) is 0.311. The van der Waals surface area contributed by atoms with Crippen molar-refractivity contribution in [2.75, 3.05) is 6.16 Å². The fraction of sp³-hybridized carbons (Fsp3) is 0.231. The maximum Gasteiger partial charge on any atom is 0.326 e. The Morgan fingerprint density at radius 1 is 0.824 bits per heavy atom. The summed E-state index contributed by atoms with van der Waals surface area (Å²) < 4.78 is 13.3. The summed E-state index contributed by atoms with van der Waals surface area (Å²) in [5.41, 5.74) is 8.18. The molecule has 7 nitrogen and oxygen atoms in total. The minimum atomic E-state index is -4.02. The van der Waals surface area contributed by atoms with Gasteiger partial charge in [-0.25, -0.2) is 4.79 Å². The van der Waals surface area contributed by atoms with Gasteiger partial charge in [0.05, 0.1) is 5.92 Å². The Bertz CT molecular complexity index is 1130. The van der Waals surface area contributed by atoms with Crippen molar-refractivity contribution in [2.45, 2.75) is 24.7 Å². The van der Waals surface area contributed by atoms with E-state index in [2.05, 4.69) is 5.32 Å². The van der Waals surface area contributed by atoms with Crippen LogP contribution in [0, 0.1) is 5.92 Å². The molecule has 178 valence electrons. The molecule has 0 spiro atoms. The Morgan fingerprint density at radius 2 is 1.29 bits per heavy atom. The minimum absolute atomic E-state index is 0.0975. The maximum absolute atomic E-state index is 13.3. The van der Waals surface area contributed by atoms with Crippen molar-refractivity contribution >= 4 is 19.2 Å². The zero-order valence-corrected chi connectivity index (χ0v) is 19.6. The number of carboxylic acid groups (broad SMARTS) is 1. The lowest BCUT2D eigenvalue weighted by Gasteiger charge is -2.26.